The number of aromatic nitrogens is 1. The van der Waals surface area contributed by atoms with Gasteiger partial charge in [0.15, 0.2) is 5.78 Å². The second-order valence-corrected chi connectivity index (χ2v) is 3.03. The van der Waals surface area contributed by atoms with E-state index in [1.807, 2.05) is 0 Å². The lowest BCUT2D eigenvalue weighted by molar-refractivity contribution is -0.112. The van der Waals surface area contributed by atoms with E-state index in [9.17, 15) is 4.79 Å². The van der Waals surface area contributed by atoms with Gasteiger partial charge in [0.2, 0.25) is 0 Å². The fourth-order valence-corrected chi connectivity index (χ4v) is 1.07. The van der Waals surface area contributed by atoms with Crippen molar-refractivity contribution in [2.75, 3.05) is 11.1 Å². The summed E-state index contributed by atoms with van der Waals surface area (Å²) in [6.45, 7) is 3.31. The van der Waals surface area contributed by atoms with Gasteiger partial charge in [0, 0.05) is 11.9 Å². The molecule has 0 aromatic carbocycles. The number of ketones is 1. The minimum Gasteiger partial charge on any atom is -0.396 e. The Labute approximate surface area is 82.8 Å². The van der Waals surface area contributed by atoms with Crippen LogP contribution in [0.2, 0.25) is 0 Å². The summed E-state index contributed by atoms with van der Waals surface area (Å²) in [7, 11) is 0. The molecule has 0 fully saturated rings. The molecule has 0 atom stereocenters. The van der Waals surface area contributed by atoms with E-state index in [4.69, 9.17) is 5.73 Å². The number of hydrogen-bond donors (Lipinski definition) is 2. The predicted octanol–water partition coefficient (Wildman–Crippen LogP) is 1.57. The third-order valence-corrected chi connectivity index (χ3v) is 1.60. The molecule has 1 rings (SSSR count). The van der Waals surface area contributed by atoms with E-state index in [0.29, 0.717) is 5.69 Å². The van der Waals surface area contributed by atoms with Gasteiger partial charge < -0.3 is 11.1 Å². The first-order chi connectivity index (χ1) is 6.59. The van der Waals surface area contributed by atoms with Crippen LogP contribution in [0, 0.1) is 0 Å². The maximum absolute atomic E-state index is 10.8. The maximum atomic E-state index is 10.8. The van der Waals surface area contributed by atoms with Crippen LogP contribution >= 0.6 is 0 Å². The monoisotopic (exact) mass is 191 g/mol. The summed E-state index contributed by atoms with van der Waals surface area (Å²) in [6, 6.07) is 1.76. The molecule has 0 unspecified atom stereocenters. The Morgan fingerprint density at radius 1 is 1.57 bits per heavy atom. The van der Waals surface area contributed by atoms with Gasteiger partial charge in [-0.15, -0.1) is 0 Å². The van der Waals surface area contributed by atoms with Crippen LogP contribution in [0.15, 0.2) is 30.2 Å². The minimum absolute atomic E-state index is 0.00243. The highest BCUT2D eigenvalue weighted by molar-refractivity contribution is 5.88. The zero-order chi connectivity index (χ0) is 10.6. The van der Waals surface area contributed by atoms with Crippen LogP contribution in [0.3, 0.4) is 0 Å². The molecule has 14 heavy (non-hydrogen) atoms. The Hall–Kier alpha value is -1.84. The van der Waals surface area contributed by atoms with Crippen molar-refractivity contribution in [2.45, 2.75) is 13.8 Å². The third kappa shape index (κ3) is 2.90. The number of nitrogens with zero attached hydrogens (tertiary/aromatic N) is 1. The van der Waals surface area contributed by atoms with Gasteiger partial charge in [-0.3, -0.25) is 9.78 Å². The molecule has 1 heterocycles. The summed E-state index contributed by atoms with van der Waals surface area (Å²) in [5, 5.41) is 3.02. The zero-order valence-corrected chi connectivity index (χ0v) is 8.24. The van der Waals surface area contributed by atoms with Gasteiger partial charge in [0.25, 0.3) is 0 Å². The molecule has 0 aliphatic carbocycles. The van der Waals surface area contributed by atoms with Gasteiger partial charge in [-0.05, 0) is 26.0 Å². The van der Waals surface area contributed by atoms with Gasteiger partial charge in [0.05, 0.1) is 17.6 Å². The van der Waals surface area contributed by atoms with E-state index in [1.54, 1.807) is 25.4 Å². The smallest absolute Gasteiger partial charge is 0.154 e. The van der Waals surface area contributed by atoms with Crippen molar-refractivity contribution in [1.82, 2.24) is 4.98 Å². The molecule has 0 spiro atoms. The largest absolute Gasteiger partial charge is 0.396 e. The van der Waals surface area contributed by atoms with Crippen molar-refractivity contribution >= 4 is 17.2 Å². The molecule has 0 saturated carbocycles. The quantitative estimate of drug-likeness (QED) is 0.711. The van der Waals surface area contributed by atoms with E-state index in [-0.39, 0.29) is 5.78 Å². The summed E-state index contributed by atoms with van der Waals surface area (Å²) >= 11 is 0. The number of allylic oxidation sites excluding steroid dienone is 2. The molecule has 0 bridgehead atoms. The first kappa shape index (κ1) is 10.2. The summed E-state index contributed by atoms with van der Waals surface area (Å²) in [5.41, 5.74) is 7.74. The highest BCUT2D eigenvalue weighted by atomic mass is 16.1. The van der Waals surface area contributed by atoms with Crippen LogP contribution in [0.1, 0.15) is 13.8 Å². The second-order valence-electron chi connectivity index (χ2n) is 3.03. The Bertz CT molecular complexity index is 371. The first-order valence-electron chi connectivity index (χ1n) is 4.25. The van der Waals surface area contributed by atoms with E-state index in [0.717, 1.165) is 11.4 Å². The van der Waals surface area contributed by atoms with Crippen molar-refractivity contribution < 1.29 is 4.79 Å². The SMILES string of the molecule is CC(=O)/C=C(\C)Nc1ccncc1N. The molecule has 74 valence electrons. The molecular formula is C10H13N3O. The number of nitrogens with two attached hydrogens (primary N) is 1. The number of pyridine rings is 1. The highest BCUT2D eigenvalue weighted by Crippen LogP contribution is 2.16. The number of carbonyl (C=O) groups excluding carboxylic acids is 1. The Morgan fingerprint density at radius 2 is 2.29 bits per heavy atom. The van der Waals surface area contributed by atoms with E-state index < -0.39 is 0 Å². The lowest BCUT2D eigenvalue weighted by Gasteiger charge is -2.07. The summed E-state index contributed by atoms with van der Waals surface area (Å²) in [5.74, 6) is 0.00243. The van der Waals surface area contributed by atoms with Gasteiger partial charge in [-0.2, -0.15) is 0 Å². The lowest BCUT2D eigenvalue weighted by atomic mass is 10.3. The number of anilines is 2. The van der Waals surface area contributed by atoms with Crippen LogP contribution in [0.4, 0.5) is 11.4 Å². The summed E-state index contributed by atoms with van der Waals surface area (Å²) in [6.07, 6.45) is 4.71. The number of hydrogen-bond acceptors (Lipinski definition) is 4. The Kier molecular flexibility index (Phi) is 3.23. The number of carbonyl (C=O) groups is 1. The molecule has 0 radical (unpaired) electrons. The molecule has 0 saturated heterocycles. The molecule has 3 N–H and O–H groups in total. The number of nitrogens with one attached hydrogen (secondary N) is 1. The normalized spacial score (nSPS) is 11.1. The third-order valence-electron chi connectivity index (χ3n) is 1.60. The fourth-order valence-electron chi connectivity index (χ4n) is 1.07. The Balaban J connectivity index is 2.79. The topological polar surface area (TPSA) is 68.0 Å². The zero-order valence-electron chi connectivity index (χ0n) is 8.24. The number of rotatable bonds is 3. The van der Waals surface area contributed by atoms with Crippen molar-refractivity contribution in [3.05, 3.63) is 30.2 Å². The van der Waals surface area contributed by atoms with E-state index in [1.165, 1.54) is 13.0 Å². The lowest BCUT2D eigenvalue weighted by Crippen LogP contribution is -2.01. The maximum Gasteiger partial charge on any atom is 0.154 e. The molecule has 1 aromatic heterocycles. The Morgan fingerprint density at radius 3 is 2.86 bits per heavy atom. The van der Waals surface area contributed by atoms with Crippen LogP contribution in [0.25, 0.3) is 0 Å². The highest BCUT2D eigenvalue weighted by Gasteiger charge is 1.98. The van der Waals surface area contributed by atoms with Gasteiger partial charge >= 0.3 is 0 Å². The van der Waals surface area contributed by atoms with Gasteiger partial charge in [-0.1, -0.05) is 0 Å². The summed E-state index contributed by atoms with van der Waals surface area (Å²) < 4.78 is 0. The molecule has 0 aliphatic heterocycles. The first-order valence-corrected chi connectivity index (χ1v) is 4.25. The van der Waals surface area contributed by atoms with E-state index >= 15 is 0 Å². The molecule has 1 aromatic rings. The summed E-state index contributed by atoms with van der Waals surface area (Å²) in [4.78, 5) is 14.6. The molecule has 4 heteroatoms. The fraction of sp³-hybridized carbons (Fsp3) is 0.200. The minimum atomic E-state index is 0.00243. The molecule has 4 nitrogen and oxygen atoms in total. The molecule has 0 amide bonds. The van der Waals surface area contributed by atoms with Crippen molar-refractivity contribution in [3.8, 4) is 0 Å². The molecule has 0 aliphatic rings. The van der Waals surface area contributed by atoms with Crippen LogP contribution in [-0.4, -0.2) is 10.8 Å². The van der Waals surface area contributed by atoms with Crippen LogP contribution < -0.4 is 11.1 Å². The van der Waals surface area contributed by atoms with Gasteiger partial charge in [0.1, 0.15) is 0 Å². The average molecular weight is 191 g/mol. The van der Waals surface area contributed by atoms with Crippen LogP contribution in [-0.2, 0) is 4.79 Å². The van der Waals surface area contributed by atoms with Crippen molar-refractivity contribution in [1.29, 1.82) is 0 Å². The standard InChI is InChI=1S/C10H13N3O/c1-7(5-8(2)14)13-10-3-4-12-6-9(10)11/h3-6H,11H2,1-2H3,(H,12,13)/b7-5+. The molecular weight excluding hydrogens is 178 g/mol. The van der Waals surface area contributed by atoms with Gasteiger partial charge in [-0.25, -0.2) is 0 Å². The predicted molar refractivity (Wildman–Crippen MR) is 56.7 cm³/mol. The van der Waals surface area contributed by atoms with Crippen molar-refractivity contribution in [3.63, 3.8) is 0 Å². The number of nitrogen functional groups attached to an aromatic ring is 1. The van der Waals surface area contributed by atoms with Crippen LogP contribution in [0.5, 0.6) is 0 Å². The second kappa shape index (κ2) is 4.41. The van der Waals surface area contributed by atoms with E-state index in [2.05, 4.69) is 10.3 Å². The van der Waals surface area contributed by atoms with Crippen molar-refractivity contribution in [2.24, 2.45) is 0 Å². The average Bonchev–Trinajstić information content (AvgIpc) is 2.07.